The van der Waals surface area contributed by atoms with Crippen LogP contribution >= 0.6 is 27.5 Å². The third kappa shape index (κ3) is 3.62. The van der Waals surface area contributed by atoms with Crippen LogP contribution in [0.25, 0.3) is 0 Å². The van der Waals surface area contributed by atoms with E-state index in [2.05, 4.69) is 21.2 Å². The van der Waals surface area contributed by atoms with Crippen LogP contribution in [0.5, 0.6) is 0 Å². The van der Waals surface area contributed by atoms with Crippen LogP contribution < -0.4 is 10.2 Å². The topological polar surface area (TPSA) is 49.4 Å². The van der Waals surface area contributed by atoms with Gasteiger partial charge in [0.15, 0.2) is 0 Å². The maximum atomic E-state index is 12.5. The predicted octanol–water partition coefficient (Wildman–Crippen LogP) is 4.40. The lowest BCUT2D eigenvalue weighted by Gasteiger charge is -2.17. The van der Waals surface area contributed by atoms with Crippen LogP contribution in [-0.2, 0) is 9.59 Å². The quantitative estimate of drug-likeness (QED) is 0.819. The van der Waals surface area contributed by atoms with Gasteiger partial charge in [0, 0.05) is 23.1 Å². The molecular weight excluding hydrogens is 392 g/mol. The van der Waals surface area contributed by atoms with Crippen molar-refractivity contribution in [1.82, 2.24) is 0 Å². The first-order valence-corrected chi connectivity index (χ1v) is 8.74. The zero-order valence-electron chi connectivity index (χ0n) is 13.1. The highest BCUT2D eigenvalue weighted by Gasteiger charge is 2.35. The van der Waals surface area contributed by atoms with Crippen molar-refractivity contribution in [2.75, 3.05) is 16.8 Å². The molecule has 4 nitrogen and oxygen atoms in total. The molecule has 0 radical (unpaired) electrons. The number of anilines is 2. The minimum atomic E-state index is -0.395. The van der Waals surface area contributed by atoms with Gasteiger partial charge in [-0.15, -0.1) is 0 Å². The number of benzene rings is 2. The highest BCUT2D eigenvalue weighted by molar-refractivity contribution is 9.10. The molecule has 0 bridgehead atoms. The van der Waals surface area contributed by atoms with E-state index < -0.39 is 5.92 Å². The van der Waals surface area contributed by atoms with E-state index >= 15 is 0 Å². The number of hydrogen-bond donors (Lipinski definition) is 1. The number of hydrogen-bond acceptors (Lipinski definition) is 2. The zero-order chi connectivity index (χ0) is 17.3. The number of halogens is 2. The lowest BCUT2D eigenvalue weighted by Crippen LogP contribution is -2.28. The monoisotopic (exact) mass is 406 g/mol. The van der Waals surface area contributed by atoms with E-state index in [-0.39, 0.29) is 18.2 Å². The predicted molar refractivity (Wildman–Crippen MR) is 99.4 cm³/mol. The smallest absolute Gasteiger partial charge is 0.229 e. The molecule has 6 heteroatoms. The SMILES string of the molecule is Cc1ccc(NC(=O)C2CC(=O)N(c3cccc(Br)c3)C2)c(Cl)c1. The van der Waals surface area contributed by atoms with Crippen molar-refractivity contribution in [3.05, 3.63) is 57.5 Å². The normalized spacial score (nSPS) is 17.2. The molecule has 3 rings (SSSR count). The summed E-state index contributed by atoms with van der Waals surface area (Å²) in [5, 5.41) is 3.32. The second-order valence-electron chi connectivity index (χ2n) is 5.86. The van der Waals surface area contributed by atoms with Crippen molar-refractivity contribution >= 4 is 50.7 Å². The standard InChI is InChI=1S/C18H16BrClN2O2/c1-11-5-6-16(15(20)7-11)21-18(24)12-8-17(23)22(10-12)14-4-2-3-13(19)9-14/h2-7,9,12H,8,10H2,1H3,(H,21,24). The summed E-state index contributed by atoms with van der Waals surface area (Å²) < 4.78 is 0.895. The first kappa shape index (κ1) is 17.0. The molecule has 0 saturated carbocycles. The van der Waals surface area contributed by atoms with Crippen LogP contribution in [-0.4, -0.2) is 18.4 Å². The van der Waals surface area contributed by atoms with Crippen LogP contribution in [0, 0.1) is 12.8 Å². The Bertz CT molecular complexity index is 809. The molecule has 1 fully saturated rings. The van der Waals surface area contributed by atoms with Crippen LogP contribution in [0.2, 0.25) is 5.02 Å². The Labute approximate surface area is 153 Å². The Morgan fingerprint density at radius 2 is 2.08 bits per heavy atom. The Morgan fingerprint density at radius 3 is 2.79 bits per heavy atom. The summed E-state index contributed by atoms with van der Waals surface area (Å²) in [4.78, 5) is 26.4. The molecule has 0 spiro atoms. The van der Waals surface area contributed by atoms with Crippen molar-refractivity contribution in [3.63, 3.8) is 0 Å². The third-order valence-corrected chi connectivity index (χ3v) is 4.80. The highest BCUT2D eigenvalue weighted by Crippen LogP contribution is 2.29. The summed E-state index contributed by atoms with van der Waals surface area (Å²) in [5.41, 5.74) is 2.38. The van der Waals surface area contributed by atoms with Crippen LogP contribution in [0.3, 0.4) is 0 Å². The molecule has 1 saturated heterocycles. The summed E-state index contributed by atoms with van der Waals surface area (Å²) >= 11 is 9.55. The third-order valence-electron chi connectivity index (χ3n) is 4.00. The molecule has 24 heavy (non-hydrogen) atoms. The van der Waals surface area contributed by atoms with E-state index in [1.54, 1.807) is 17.0 Å². The van der Waals surface area contributed by atoms with E-state index in [0.717, 1.165) is 15.7 Å². The second-order valence-corrected chi connectivity index (χ2v) is 7.18. The molecule has 0 aliphatic carbocycles. The Hall–Kier alpha value is -1.85. The Morgan fingerprint density at radius 1 is 1.29 bits per heavy atom. The zero-order valence-corrected chi connectivity index (χ0v) is 15.4. The van der Waals surface area contributed by atoms with Gasteiger partial charge in [-0.3, -0.25) is 9.59 Å². The highest BCUT2D eigenvalue weighted by atomic mass is 79.9. The summed E-state index contributed by atoms with van der Waals surface area (Å²) in [6.45, 7) is 2.30. The first-order chi connectivity index (χ1) is 11.4. The van der Waals surface area contributed by atoms with Gasteiger partial charge in [-0.05, 0) is 42.8 Å². The van der Waals surface area contributed by atoms with Gasteiger partial charge in [0.25, 0.3) is 0 Å². The summed E-state index contributed by atoms with van der Waals surface area (Å²) in [7, 11) is 0. The van der Waals surface area contributed by atoms with Crippen molar-refractivity contribution in [2.45, 2.75) is 13.3 Å². The molecule has 2 aromatic carbocycles. The summed E-state index contributed by atoms with van der Waals surface area (Å²) in [5.74, 6) is -0.635. The fourth-order valence-corrected chi connectivity index (χ4v) is 3.40. The molecule has 1 heterocycles. The Kier molecular flexibility index (Phi) is 4.92. The number of carbonyl (C=O) groups excluding carboxylic acids is 2. The van der Waals surface area contributed by atoms with Crippen molar-refractivity contribution in [3.8, 4) is 0 Å². The number of carbonyl (C=O) groups is 2. The van der Waals surface area contributed by atoms with Gasteiger partial charge >= 0.3 is 0 Å². The maximum Gasteiger partial charge on any atom is 0.229 e. The minimum Gasteiger partial charge on any atom is -0.324 e. The van der Waals surface area contributed by atoms with E-state index in [4.69, 9.17) is 11.6 Å². The average molecular weight is 408 g/mol. The molecule has 0 aromatic heterocycles. The minimum absolute atomic E-state index is 0.0525. The van der Waals surface area contributed by atoms with Crippen molar-refractivity contribution in [2.24, 2.45) is 5.92 Å². The lowest BCUT2D eigenvalue weighted by atomic mass is 10.1. The fourth-order valence-electron chi connectivity index (χ4n) is 2.73. The molecular formula is C18H16BrClN2O2. The van der Waals surface area contributed by atoms with Crippen LogP contribution in [0.1, 0.15) is 12.0 Å². The fraction of sp³-hybridized carbons (Fsp3) is 0.222. The molecule has 1 atom stereocenters. The molecule has 1 aliphatic rings. The molecule has 124 valence electrons. The van der Waals surface area contributed by atoms with Crippen molar-refractivity contribution < 1.29 is 9.59 Å². The van der Waals surface area contributed by atoms with Gasteiger partial charge in [0.2, 0.25) is 11.8 Å². The summed E-state index contributed by atoms with van der Waals surface area (Å²) in [6, 6.07) is 13.0. The van der Waals surface area contributed by atoms with Crippen LogP contribution in [0.15, 0.2) is 46.9 Å². The number of rotatable bonds is 3. The number of nitrogens with one attached hydrogen (secondary N) is 1. The Balaban J connectivity index is 1.72. The van der Waals surface area contributed by atoms with Gasteiger partial charge in [0.1, 0.15) is 0 Å². The van der Waals surface area contributed by atoms with E-state index in [1.165, 1.54) is 0 Å². The number of aryl methyl sites for hydroxylation is 1. The van der Waals surface area contributed by atoms with E-state index in [1.807, 2.05) is 37.3 Å². The molecule has 1 aliphatic heterocycles. The van der Waals surface area contributed by atoms with Gasteiger partial charge < -0.3 is 10.2 Å². The van der Waals surface area contributed by atoms with Gasteiger partial charge in [0.05, 0.1) is 16.6 Å². The molecule has 1 N–H and O–H groups in total. The summed E-state index contributed by atoms with van der Waals surface area (Å²) in [6.07, 6.45) is 0.196. The maximum absolute atomic E-state index is 12.5. The van der Waals surface area contributed by atoms with Gasteiger partial charge in [-0.25, -0.2) is 0 Å². The van der Waals surface area contributed by atoms with Gasteiger partial charge in [-0.2, -0.15) is 0 Å². The van der Waals surface area contributed by atoms with Crippen LogP contribution in [0.4, 0.5) is 11.4 Å². The van der Waals surface area contributed by atoms with Gasteiger partial charge in [-0.1, -0.05) is 39.7 Å². The average Bonchev–Trinajstić information content (AvgIpc) is 2.92. The van der Waals surface area contributed by atoms with E-state index in [9.17, 15) is 9.59 Å². The van der Waals surface area contributed by atoms with E-state index in [0.29, 0.717) is 17.3 Å². The second kappa shape index (κ2) is 6.95. The lowest BCUT2D eigenvalue weighted by molar-refractivity contribution is -0.122. The molecule has 1 unspecified atom stereocenters. The number of nitrogens with zero attached hydrogens (tertiary/aromatic N) is 1. The molecule has 2 aromatic rings. The molecule has 2 amide bonds. The van der Waals surface area contributed by atoms with Crippen molar-refractivity contribution in [1.29, 1.82) is 0 Å². The largest absolute Gasteiger partial charge is 0.324 e. The number of amides is 2. The first-order valence-electron chi connectivity index (χ1n) is 7.57.